The number of hydrogen-bond donors (Lipinski definition) is 2. The van der Waals surface area contributed by atoms with Gasteiger partial charge in [-0.2, -0.15) is 0 Å². The van der Waals surface area contributed by atoms with Gasteiger partial charge in [0.05, 0.1) is 20.8 Å². The van der Waals surface area contributed by atoms with Crippen molar-refractivity contribution in [2.24, 2.45) is 10.7 Å². The van der Waals surface area contributed by atoms with E-state index in [0.717, 1.165) is 43.6 Å². The van der Waals surface area contributed by atoms with E-state index in [2.05, 4.69) is 22.3 Å². The lowest BCUT2D eigenvalue weighted by atomic mass is 9.94. The number of ether oxygens (including phenoxy) is 2. The largest absolute Gasteiger partial charge is 0.493 e. The maximum absolute atomic E-state index is 5.98. The molecule has 0 aromatic heterocycles. The standard InChI is InChI=1S/C20H34N4O2.HI/c1-24(17-7-5-4-6-8-17)14-13-23-20(21)22-12-11-16-9-10-18(25-2)19(15-16)26-3;/h9-10,15,17H,4-8,11-14H2,1-3H3,(H3,21,22,23);1H. The van der Waals surface area contributed by atoms with E-state index in [0.29, 0.717) is 5.96 Å². The van der Waals surface area contributed by atoms with E-state index in [1.807, 2.05) is 18.2 Å². The highest BCUT2D eigenvalue weighted by molar-refractivity contribution is 14.0. The van der Waals surface area contributed by atoms with Crippen molar-refractivity contribution in [1.82, 2.24) is 10.2 Å². The van der Waals surface area contributed by atoms with Gasteiger partial charge >= 0.3 is 0 Å². The molecule has 0 unspecified atom stereocenters. The van der Waals surface area contributed by atoms with Crippen LogP contribution in [-0.4, -0.2) is 57.8 Å². The van der Waals surface area contributed by atoms with Gasteiger partial charge in [-0.05, 0) is 44.0 Å². The fourth-order valence-electron chi connectivity index (χ4n) is 3.46. The van der Waals surface area contributed by atoms with Crippen LogP contribution in [0.3, 0.4) is 0 Å². The predicted molar refractivity (Wildman–Crippen MR) is 123 cm³/mol. The molecule has 27 heavy (non-hydrogen) atoms. The number of nitrogens with zero attached hydrogens (tertiary/aromatic N) is 2. The average molecular weight is 490 g/mol. The molecule has 6 nitrogen and oxygen atoms in total. The van der Waals surface area contributed by atoms with Crippen LogP contribution in [0.4, 0.5) is 0 Å². The van der Waals surface area contributed by atoms with Crippen LogP contribution >= 0.6 is 24.0 Å². The summed E-state index contributed by atoms with van der Waals surface area (Å²) < 4.78 is 10.6. The zero-order valence-electron chi connectivity index (χ0n) is 16.9. The maximum atomic E-state index is 5.98. The number of benzene rings is 1. The number of guanidine groups is 1. The number of methoxy groups -OCH3 is 2. The van der Waals surface area contributed by atoms with Gasteiger partial charge in [-0.1, -0.05) is 25.3 Å². The molecule has 0 heterocycles. The van der Waals surface area contributed by atoms with E-state index in [4.69, 9.17) is 15.2 Å². The highest BCUT2D eigenvalue weighted by Crippen LogP contribution is 2.27. The minimum absolute atomic E-state index is 0. The lowest BCUT2D eigenvalue weighted by Crippen LogP contribution is -2.37. The number of nitrogens with two attached hydrogens (primary N) is 1. The van der Waals surface area contributed by atoms with Crippen molar-refractivity contribution >= 4 is 29.9 Å². The topological polar surface area (TPSA) is 72.1 Å². The summed E-state index contributed by atoms with van der Waals surface area (Å²) in [4.78, 5) is 6.88. The molecule has 0 atom stereocenters. The van der Waals surface area contributed by atoms with E-state index >= 15 is 0 Å². The summed E-state index contributed by atoms with van der Waals surface area (Å²) in [5.74, 6) is 2.01. The SMILES string of the molecule is COc1ccc(CCNC(N)=NCCN(C)C2CCCCC2)cc1OC.I. The minimum Gasteiger partial charge on any atom is -0.493 e. The smallest absolute Gasteiger partial charge is 0.188 e. The third kappa shape index (κ3) is 8.13. The van der Waals surface area contributed by atoms with Crippen molar-refractivity contribution in [3.05, 3.63) is 23.8 Å². The van der Waals surface area contributed by atoms with Crippen LogP contribution < -0.4 is 20.5 Å². The maximum Gasteiger partial charge on any atom is 0.188 e. The van der Waals surface area contributed by atoms with Gasteiger partial charge in [0.2, 0.25) is 0 Å². The van der Waals surface area contributed by atoms with E-state index in [-0.39, 0.29) is 24.0 Å². The van der Waals surface area contributed by atoms with Crippen molar-refractivity contribution in [2.45, 2.75) is 44.6 Å². The second kappa shape index (κ2) is 13.0. The third-order valence-electron chi connectivity index (χ3n) is 5.10. The summed E-state index contributed by atoms with van der Waals surface area (Å²) in [7, 11) is 5.49. The van der Waals surface area contributed by atoms with Gasteiger partial charge < -0.3 is 25.4 Å². The summed E-state index contributed by atoms with van der Waals surface area (Å²) in [6, 6.07) is 6.67. The summed E-state index contributed by atoms with van der Waals surface area (Å²) >= 11 is 0. The van der Waals surface area contributed by atoms with Crippen molar-refractivity contribution < 1.29 is 9.47 Å². The molecular weight excluding hydrogens is 455 g/mol. The van der Waals surface area contributed by atoms with Crippen molar-refractivity contribution in [3.63, 3.8) is 0 Å². The van der Waals surface area contributed by atoms with Gasteiger partial charge in [-0.25, -0.2) is 0 Å². The Labute approximate surface area is 180 Å². The summed E-state index contributed by atoms with van der Waals surface area (Å²) in [6.07, 6.45) is 7.59. The number of nitrogens with one attached hydrogen (secondary N) is 1. The Morgan fingerprint density at radius 1 is 1.19 bits per heavy atom. The zero-order chi connectivity index (χ0) is 18.8. The second-order valence-electron chi connectivity index (χ2n) is 6.91. The van der Waals surface area contributed by atoms with Crippen molar-refractivity contribution in [2.75, 3.05) is 40.9 Å². The van der Waals surface area contributed by atoms with Crippen LogP contribution in [-0.2, 0) is 6.42 Å². The first-order valence-electron chi connectivity index (χ1n) is 9.59. The minimum atomic E-state index is 0. The summed E-state index contributed by atoms with van der Waals surface area (Å²) in [5, 5.41) is 3.19. The van der Waals surface area contributed by atoms with Crippen LogP contribution in [0.15, 0.2) is 23.2 Å². The Balaban J connectivity index is 0.00000364. The van der Waals surface area contributed by atoms with E-state index in [9.17, 15) is 0 Å². The Morgan fingerprint density at radius 3 is 2.56 bits per heavy atom. The molecule has 0 spiro atoms. The Kier molecular flexibility index (Phi) is 11.5. The molecule has 0 radical (unpaired) electrons. The Bertz CT molecular complexity index is 577. The quantitative estimate of drug-likeness (QED) is 0.317. The van der Waals surface area contributed by atoms with Crippen LogP contribution in [0.1, 0.15) is 37.7 Å². The molecule has 1 aromatic rings. The molecule has 0 amide bonds. The number of halogens is 1. The van der Waals surface area contributed by atoms with Gasteiger partial charge in [0, 0.05) is 19.1 Å². The lowest BCUT2D eigenvalue weighted by Gasteiger charge is -2.30. The molecule has 1 saturated carbocycles. The number of hydrogen-bond acceptors (Lipinski definition) is 4. The molecule has 0 aliphatic heterocycles. The van der Waals surface area contributed by atoms with Crippen LogP contribution in [0.2, 0.25) is 0 Å². The summed E-state index contributed by atoms with van der Waals surface area (Å²) in [6.45, 7) is 2.44. The van der Waals surface area contributed by atoms with E-state index in [1.165, 1.54) is 37.7 Å². The first kappa shape index (κ1) is 23.8. The van der Waals surface area contributed by atoms with Gasteiger partial charge in [-0.15, -0.1) is 24.0 Å². The molecule has 1 aliphatic carbocycles. The molecule has 1 fully saturated rings. The van der Waals surface area contributed by atoms with E-state index in [1.54, 1.807) is 14.2 Å². The lowest BCUT2D eigenvalue weighted by molar-refractivity contribution is 0.196. The fraction of sp³-hybridized carbons (Fsp3) is 0.650. The number of rotatable bonds is 9. The van der Waals surface area contributed by atoms with Crippen LogP contribution in [0, 0.1) is 0 Å². The van der Waals surface area contributed by atoms with Gasteiger partial charge in [0.1, 0.15) is 0 Å². The molecule has 7 heteroatoms. The number of likely N-dealkylation sites (N-methyl/N-ethyl adjacent to an activating group) is 1. The fourth-order valence-corrected chi connectivity index (χ4v) is 3.46. The molecule has 2 rings (SSSR count). The number of aliphatic imine (C=N–C) groups is 1. The van der Waals surface area contributed by atoms with Crippen molar-refractivity contribution in [3.8, 4) is 11.5 Å². The first-order valence-corrected chi connectivity index (χ1v) is 9.59. The zero-order valence-corrected chi connectivity index (χ0v) is 19.2. The van der Waals surface area contributed by atoms with Gasteiger partial charge in [0.25, 0.3) is 0 Å². The highest BCUT2D eigenvalue weighted by atomic mass is 127. The Hall–Kier alpha value is -1.22. The molecular formula is C20H35IN4O2. The van der Waals surface area contributed by atoms with Gasteiger partial charge in [-0.3, -0.25) is 4.99 Å². The first-order chi connectivity index (χ1) is 12.6. The average Bonchev–Trinajstić information content (AvgIpc) is 2.68. The van der Waals surface area contributed by atoms with Crippen molar-refractivity contribution in [1.29, 1.82) is 0 Å². The van der Waals surface area contributed by atoms with Gasteiger partial charge in [0.15, 0.2) is 17.5 Å². The Morgan fingerprint density at radius 2 is 1.89 bits per heavy atom. The molecule has 3 N–H and O–H groups in total. The molecule has 0 bridgehead atoms. The summed E-state index contributed by atoms with van der Waals surface area (Å²) in [5.41, 5.74) is 7.15. The molecule has 1 aromatic carbocycles. The van der Waals surface area contributed by atoms with Crippen LogP contribution in [0.5, 0.6) is 11.5 Å². The third-order valence-corrected chi connectivity index (χ3v) is 5.10. The second-order valence-corrected chi connectivity index (χ2v) is 6.91. The molecule has 0 saturated heterocycles. The molecule has 1 aliphatic rings. The highest BCUT2D eigenvalue weighted by Gasteiger charge is 2.17. The van der Waals surface area contributed by atoms with E-state index < -0.39 is 0 Å². The monoisotopic (exact) mass is 490 g/mol. The van der Waals surface area contributed by atoms with Crippen LogP contribution in [0.25, 0.3) is 0 Å². The predicted octanol–water partition coefficient (Wildman–Crippen LogP) is 3.03. The normalized spacial score (nSPS) is 15.3. The molecule has 154 valence electrons.